The van der Waals surface area contributed by atoms with Gasteiger partial charge in [-0.3, -0.25) is 4.79 Å². The van der Waals surface area contributed by atoms with Crippen LogP contribution in [-0.2, 0) is 4.79 Å². The Balaban J connectivity index is 1.84. The highest BCUT2D eigenvalue weighted by Crippen LogP contribution is 2.24. The summed E-state index contributed by atoms with van der Waals surface area (Å²) in [6, 6.07) is 15.1. The smallest absolute Gasteiger partial charge is 0.243 e. The summed E-state index contributed by atoms with van der Waals surface area (Å²) in [5.74, 6) is 2.29. The molecule has 0 fully saturated rings. The van der Waals surface area contributed by atoms with Gasteiger partial charge in [0.25, 0.3) is 0 Å². The van der Waals surface area contributed by atoms with E-state index in [1.165, 1.54) is 0 Å². The molecule has 146 valence electrons. The van der Waals surface area contributed by atoms with Gasteiger partial charge in [0.05, 0.1) is 25.4 Å². The van der Waals surface area contributed by atoms with Crippen LogP contribution in [0.1, 0.15) is 27.7 Å². The zero-order chi connectivity index (χ0) is 19.6. The molecule has 2 rings (SSSR count). The Morgan fingerprint density at radius 3 is 2.19 bits per heavy atom. The van der Waals surface area contributed by atoms with Gasteiger partial charge in [0.15, 0.2) is 0 Å². The molecule has 0 saturated carbocycles. The summed E-state index contributed by atoms with van der Waals surface area (Å²) < 4.78 is 11.4. The number of ether oxygens (including phenoxy) is 2. The van der Waals surface area contributed by atoms with Crippen molar-refractivity contribution in [3.63, 3.8) is 0 Å². The maximum Gasteiger partial charge on any atom is 0.243 e. The first-order chi connectivity index (χ1) is 12.9. The van der Waals surface area contributed by atoms with Gasteiger partial charge in [-0.05, 0) is 48.2 Å². The van der Waals surface area contributed by atoms with E-state index in [0.29, 0.717) is 36.5 Å². The number of rotatable bonds is 10. The van der Waals surface area contributed by atoms with Crippen LogP contribution >= 0.6 is 0 Å². The highest BCUT2D eigenvalue weighted by atomic mass is 16.5. The van der Waals surface area contributed by atoms with Crippen molar-refractivity contribution in [2.75, 3.05) is 30.4 Å². The Morgan fingerprint density at radius 1 is 0.889 bits per heavy atom. The van der Waals surface area contributed by atoms with Crippen LogP contribution in [0.4, 0.5) is 11.4 Å². The van der Waals surface area contributed by atoms with E-state index in [0.717, 1.165) is 11.4 Å². The van der Waals surface area contributed by atoms with E-state index in [-0.39, 0.29) is 12.5 Å². The average molecular weight is 370 g/mol. The second-order valence-corrected chi connectivity index (χ2v) is 7.33. The molecule has 2 aromatic carbocycles. The van der Waals surface area contributed by atoms with Crippen LogP contribution in [0.5, 0.6) is 11.5 Å². The molecule has 0 radical (unpaired) electrons. The highest BCUT2D eigenvalue weighted by Gasteiger charge is 2.08. The first kappa shape index (κ1) is 20.6. The molecule has 0 aliphatic rings. The zero-order valence-electron chi connectivity index (χ0n) is 16.6. The third-order valence-corrected chi connectivity index (χ3v) is 3.62. The SMILES string of the molecule is CC(C)COc1ccc(NCC(=O)Nc2ccccc2OCC(C)C)cc1. The van der Waals surface area contributed by atoms with E-state index in [1.54, 1.807) is 0 Å². The zero-order valence-corrected chi connectivity index (χ0v) is 16.6. The van der Waals surface area contributed by atoms with Gasteiger partial charge in [-0.2, -0.15) is 0 Å². The fraction of sp³-hybridized carbons (Fsp3) is 0.409. The molecule has 1 amide bonds. The summed E-state index contributed by atoms with van der Waals surface area (Å²) in [5, 5.41) is 6.02. The van der Waals surface area contributed by atoms with Crippen LogP contribution < -0.4 is 20.1 Å². The Bertz CT molecular complexity index is 712. The van der Waals surface area contributed by atoms with Crippen LogP contribution in [-0.4, -0.2) is 25.7 Å². The van der Waals surface area contributed by atoms with Crippen molar-refractivity contribution in [3.8, 4) is 11.5 Å². The van der Waals surface area contributed by atoms with Gasteiger partial charge in [-0.25, -0.2) is 0 Å². The lowest BCUT2D eigenvalue weighted by atomic mass is 10.2. The van der Waals surface area contributed by atoms with Crippen molar-refractivity contribution in [2.24, 2.45) is 11.8 Å². The maximum absolute atomic E-state index is 12.3. The Hall–Kier alpha value is -2.69. The fourth-order valence-corrected chi connectivity index (χ4v) is 2.26. The number of benzene rings is 2. The Labute approximate surface area is 162 Å². The normalized spacial score (nSPS) is 10.7. The van der Waals surface area contributed by atoms with Crippen molar-refractivity contribution < 1.29 is 14.3 Å². The molecule has 5 heteroatoms. The van der Waals surface area contributed by atoms with E-state index in [1.807, 2.05) is 48.5 Å². The molecule has 0 heterocycles. The third kappa shape index (κ3) is 7.60. The molecule has 0 aliphatic carbocycles. The molecule has 0 unspecified atom stereocenters. The largest absolute Gasteiger partial charge is 0.493 e. The lowest BCUT2D eigenvalue weighted by molar-refractivity contribution is -0.114. The fourth-order valence-electron chi connectivity index (χ4n) is 2.26. The Kier molecular flexibility index (Phi) is 7.99. The average Bonchev–Trinajstić information content (AvgIpc) is 2.64. The maximum atomic E-state index is 12.3. The van der Waals surface area contributed by atoms with Gasteiger partial charge < -0.3 is 20.1 Å². The molecule has 0 spiro atoms. The molecule has 0 aliphatic heterocycles. The number of hydrogen-bond acceptors (Lipinski definition) is 4. The molecule has 2 N–H and O–H groups in total. The van der Waals surface area contributed by atoms with E-state index in [9.17, 15) is 4.79 Å². The summed E-state index contributed by atoms with van der Waals surface area (Å²) in [6.07, 6.45) is 0. The molecule has 0 saturated heterocycles. The van der Waals surface area contributed by atoms with Crippen molar-refractivity contribution in [1.82, 2.24) is 0 Å². The number of hydrogen-bond donors (Lipinski definition) is 2. The van der Waals surface area contributed by atoms with Crippen LogP contribution in [0.3, 0.4) is 0 Å². The summed E-state index contributed by atoms with van der Waals surface area (Å²) in [5.41, 5.74) is 1.55. The van der Waals surface area contributed by atoms with Crippen LogP contribution in [0.25, 0.3) is 0 Å². The second kappa shape index (κ2) is 10.5. The van der Waals surface area contributed by atoms with Crippen LogP contribution in [0.15, 0.2) is 48.5 Å². The van der Waals surface area contributed by atoms with E-state index in [4.69, 9.17) is 9.47 Å². The van der Waals surface area contributed by atoms with Crippen molar-refractivity contribution in [3.05, 3.63) is 48.5 Å². The molecule has 0 aromatic heterocycles. The molecule has 27 heavy (non-hydrogen) atoms. The summed E-state index contributed by atoms with van der Waals surface area (Å²) in [7, 11) is 0. The topological polar surface area (TPSA) is 59.6 Å². The number of amides is 1. The minimum Gasteiger partial charge on any atom is -0.493 e. The molecule has 5 nitrogen and oxygen atoms in total. The van der Waals surface area contributed by atoms with E-state index in [2.05, 4.69) is 38.3 Å². The third-order valence-electron chi connectivity index (χ3n) is 3.62. The predicted molar refractivity (Wildman–Crippen MR) is 111 cm³/mol. The van der Waals surface area contributed by atoms with Crippen molar-refractivity contribution in [2.45, 2.75) is 27.7 Å². The summed E-state index contributed by atoms with van der Waals surface area (Å²) in [4.78, 5) is 12.3. The van der Waals surface area contributed by atoms with Gasteiger partial charge in [-0.15, -0.1) is 0 Å². The van der Waals surface area contributed by atoms with E-state index < -0.39 is 0 Å². The minimum atomic E-state index is -0.129. The van der Waals surface area contributed by atoms with Gasteiger partial charge in [-0.1, -0.05) is 39.8 Å². The molecule has 0 bridgehead atoms. The standard InChI is InChI=1S/C22H30N2O3/c1-16(2)14-26-19-11-9-18(10-12-19)23-13-22(25)24-20-7-5-6-8-21(20)27-15-17(3)4/h5-12,16-17,23H,13-15H2,1-4H3,(H,24,25). The molecular weight excluding hydrogens is 340 g/mol. The van der Waals surface area contributed by atoms with Gasteiger partial charge in [0.1, 0.15) is 11.5 Å². The van der Waals surface area contributed by atoms with Gasteiger partial charge in [0.2, 0.25) is 5.91 Å². The molecular formula is C22H30N2O3. The van der Waals surface area contributed by atoms with Crippen molar-refractivity contribution >= 4 is 17.3 Å². The number of nitrogens with one attached hydrogen (secondary N) is 2. The van der Waals surface area contributed by atoms with Gasteiger partial charge in [0, 0.05) is 5.69 Å². The van der Waals surface area contributed by atoms with Crippen LogP contribution in [0.2, 0.25) is 0 Å². The monoisotopic (exact) mass is 370 g/mol. The highest BCUT2D eigenvalue weighted by molar-refractivity contribution is 5.95. The summed E-state index contributed by atoms with van der Waals surface area (Å²) in [6.45, 7) is 9.87. The Morgan fingerprint density at radius 2 is 1.52 bits per heavy atom. The number of para-hydroxylation sites is 2. The number of anilines is 2. The van der Waals surface area contributed by atoms with Gasteiger partial charge >= 0.3 is 0 Å². The van der Waals surface area contributed by atoms with Crippen LogP contribution in [0, 0.1) is 11.8 Å². The predicted octanol–water partition coefficient (Wildman–Crippen LogP) is 4.81. The first-order valence-electron chi connectivity index (χ1n) is 9.42. The minimum absolute atomic E-state index is 0.129. The lowest BCUT2D eigenvalue weighted by Gasteiger charge is -2.14. The lowest BCUT2D eigenvalue weighted by Crippen LogP contribution is -2.22. The number of carbonyl (C=O) groups excluding carboxylic acids is 1. The summed E-state index contributed by atoms with van der Waals surface area (Å²) >= 11 is 0. The molecule has 0 atom stereocenters. The first-order valence-corrected chi connectivity index (χ1v) is 9.42. The van der Waals surface area contributed by atoms with Crippen molar-refractivity contribution in [1.29, 1.82) is 0 Å². The molecule has 2 aromatic rings. The van der Waals surface area contributed by atoms with E-state index >= 15 is 0 Å². The second-order valence-electron chi connectivity index (χ2n) is 7.33. The quantitative estimate of drug-likeness (QED) is 0.630. The number of carbonyl (C=O) groups is 1.